The zero-order chi connectivity index (χ0) is 13.2. The molecule has 1 aliphatic heterocycles. The number of rotatable bonds is 2. The molecule has 0 aromatic heterocycles. The van der Waals surface area contributed by atoms with Crippen LogP contribution >= 0.6 is 0 Å². The van der Waals surface area contributed by atoms with Crippen LogP contribution in [0.5, 0.6) is 5.75 Å². The van der Waals surface area contributed by atoms with Crippen molar-refractivity contribution in [1.82, 2.24) is 0 Å². The van der Waals surface area contributed by atoms with Gasteiger partial charge >= 0.3 is 7.12 Å². The van der Waals surface area contributed by atoms with Crippen molar-refractivity contribution in [3.8, 4) is 5.75 Å². The van der Waals surface area contributed by atoms with Crippen LogP contribution in [0.25, 0.3) is 0 Å². The summed E-state index contributed by atoms with van der Waals surface area (Å²) in [7, 11) is 0.625. The molecule has 0 amide bonds. The van der Waals surface area contributed by atoms with Crippen molar-refractivity contribution in [3.05, 3.63) is 59.7 Å². The fraction of sp³-hybridized carbons (Fsp3) is 0.0714. The Morgan fingerprint density at radius 2 is 1.84 bits per heavy atom. The Balaban J connectivity index is 2.05. The van der Waals surface area contributed by atoms with Gasteiger partial charge in [0.1, 0.15) is 11.5 Å². The lowest BCUT2D eigenvalue weighted by atomic mass is 9.74. The minimum atomic E-state index is -1.00. The van der Waals surface area contributed by atoms with Crippen molar-refractivity contribution in [2.75, 3.05) is 7.11 Å². The van der Waals surface area contributed by atoms with Crippen LogP contribution in [-0.4, -0.2) is 25.0 Å². The normalized spacial score (nSPS) is 13.4. The molecular formula is C14H12BNO3. The Bertz CT molecular complexity index is 625. The van der Waals surface area contributed by atoms with Gasteiger partial charge in [-0.25, -0.2) is 0 Å². The van der Waals surface area contributed by atoms with Crippen molar-refractivity contribution in [2.45, 2.75) is 0 Å². The summed E-state index contributed by atoms with van der Waals surface area (Å²) in [4.78, 5) is 0. The fourth-order valence-electron chi connectivity index (χ4n) is 2.09. The van der Waals surface area contributed by atoms with Crippen molar-refractivity contribution < 1.29 is 14.5 Å². The van der Waals surface area contributed by atoms with Gasteiger partial charge in [-0.05, 0) is 24.3 Å². The summed E-state index contributed by atoms with van der Waals surface area (Å²) in [6.45, 7) is 0. The average molecular weight is 253 g/mol. The number of oxime groups is 1. The van der Waals surface area contributed by atoms with Gasteiger partial charge in [-0.2, -0.15) is 0 Å². The van der Waals surface area contributed by atoms with E-state index in [0.29, 0.717) is 5.71 Å². The maximum Gasteiger partial charge on any atom is 0.583 e. The first-order valence-corrected chi connectivity index (χ1v) is 5.95. The second kappa shape index (κ2) is 4.78. The number of benzene rings is 2. The van der Waals surface area contributed by atoms with E-state index in [0.717, 1.165) is 22.3 Å². The standard InChI is InChI=1S/C14H12BNO3/c1-18-11-8-6-10(7-9-11)14-12-4-2-3-5-13(12)15(17)19-16-14/h2-9,17H,1H3. The summed E-state index contributed by atoms with van der Waals surface area (Å²) < 4.78 is 10.2. The van der Waals surface area contributed by atoms with Crippen LogP contribution in [0.1, 0.15) is 11.1 Å². The molecule has 1 N–H and O–H groups in total. The molecule has 0 bridgehead atoms. The van der Waals surface area contributed by atoms with E-state index >= 15 is 0 Å². The third-order valence-electron chi connectivity index (χ3n) is 3.09. The molecule has 0 atom stereocenters. The van der Waals surface area contributed by atoms with Crippen molar-refractivity contribution >= 4 is 18.3 Å². The SMILES string of the molecule is COc1ccc(C2=NOB(O)c3ccccc32)cc1. The third-order valence-corrected chi connectivity index (χ3v) is 3.09. The molecule has 0 saturated heterocycles. The van der Waals surface area contributed by atoms with Gasteiger partial charge in [0.05, 0.1) is 7.11 Å². The summed E-state index contributed by atoms with van der Waals surface area (Å²) in [5, 5.41) is 13.8. The molecule has 0 saturated carbocycles. The second-order valence-corrected chi connectivity index (χ2v) is 4.21. The first-order valence-electron chi connectivity index (χ1n) is 5.95. The number of hydrogen-bond acceptors (Lipinski definition) is 4. The number of methoxy groups -OCH3 is 1. The highest BCUT2D eigenvalue weighted by atomic mass is 16.6. The maximum absolute atomic E-state index is 9.76. The van der Waals surface area contributed by atoms with E-state index in [1.54, 1.807) is 7.11 Å². The van der Waals surface area contributed by atoms with Crippen LogP contribution in [0, 0.1) is 0 Å². The predicted octanol–water partition coefficient (Wildman–Crippen LogP) is 1.17. The van der Waals surface area contributed by atoms with Crippen LogP contribution in [0.3, 0.4) is 0 Å². The molecule has 0 unspecified atom stereocenters. The Labute approximate surface area is 111 Å². The Morgan fingerprint density at radius 3 is 2.58 bits per heavy atom. The number of fused-ring (bicyclic) bond motifs is 1. The lowest BCUT2D eigenvalue weighted by Crippen LogP contribution is -2.40. The van der Waals surface area contributed by atoms with Crippen molar-refractivity contribution in [3.63, 3.8) is 0 Å². The molecule has 1 aliphatic rings. The molecule has 0 radical (unpaired) electrons. The van der Waals surface area contributed by atoms with Crippen LogP contribution < -0.4 is 10.2 Å². The molecule has 5 heteroatoms. The highest BCUT2D eigenvalue weighted by Crippen LogP contribution is 2.17. The molecule has 4 nitrogen and oxygen atoms in total. The molecule has 94 valence electrons. The van der Waals surface area contributed by atoms with Crippen LogP contribution in [0.4, 0.5) is 0 Å². The van der Waals surface area contributed by atoms with Gasteiger partial charge in [0.15, 0.2) is 0 Å². The molecule has 3 rings (SSSR count). The molecule has 0 spiro atoms. The molecule has 2 aromatic carbocycles. The van der Waals surface area contributed by atoms with Gasteiger partial charge in [0.2, 0.25) is 0 Å². The summed E-state index contributed by atoms with van der Waals surface area (Å²) in [6.07, 6.45) is 0. The lowest BCUT2D eigenvalue weighted by Gasteiger charge is -2.18. The minimum absolute atomic E-state index is 0.712. The van der Waals surface area contributed by atoms with Gasteiger partial charge < -0.3 is 14.5 Å². The monoisotopic (exact) mass is 253 g/mol. The molecule has 2 aromatic rings. The Kier molecular flexibility index (Phi) is 2.97. The Morgan fingerprint density at radius 1 is 1.11 bits per heavy atom. The summed E-state index contributed by atoms with van der Waals surface area (Å²) in [6, 6.07) is 15.1. The fourth-order valence-corrected chi connectivity index (χ4v) is 2.09. The van der Waals surface area contributed by atoms with Crippen molar-refractivity contribution in [1.29, 1.82) is 0 Å². The van der Waals surface area contributed by atoms with E-state index in [4.69, 9.17) is 9.49 Å². The lowest BCUT2D eigenvalue weighted by molar-refractivity contribution is 0.284. The highest BCUT2D eigenvalue weighted by molar-refractivity contribution is 6.62. The zero-order valence-corrected chi connectivity index (χ0v) is 10.4. The van der Waals surface area contributed by atoms with E-state index < -0.39 is 7.12 Å². The average Bonchev–Trinajstić information content (AvgIpc) is 2.48. The zero-order valence-electron chi connectivity index (χ0n) is 10.4. The largest absolute Gasteiger partial charge is 0.583 e. The number of ether oxygens (including phenoxy) is 1. The van der Waals surface area contributed by atoms with E-state index in [-0.39, 0.29) is 0 Å². The van der Waals surface area contributed by atoms with E-state index in [9.17, 15) is 5.02 Å². The van der Waals surface area contributed by atoms with Gasteiger partial charge in [-0.3, -0.25) is 0 Å². The van der Waals surface area contributed by atoms with Crippen LogP contribution in [-0.2, 0) is 4.76 Å². The summed E-state index contributed by atoms with van der Waals surface area (Å²) in [5.41, 5.74) is 3.23. The van der Waals surface area contributed by atoms with Crippen molar-refractivity contribution in [2.24, 2.45) is 5.16 Å². The Hall–Kier alpha value is -2.27. The molecule has 1 heterocycles. The van der Waals surface area contributed by atoms with Gasteiger partial charge in [0.25, 0.3) is 0 Å². The molecule has 19 heavy (non-hydrogen) atoms. The number of hydrogen-bond donors (Lipinski definition) is 1. The molecule has 0 fully saturated rings. The smallest absolute Gasteiger partial charge is 0.497 e. The highest BCUT2D eigenvalue weighted by Gasteiger charge is 2.29. The van der Waals surface area contributed by atoms with Gasteiger partial charge in [-0.1, -0.05) is 24.3 Å². The molecule has 0 aliphatic carbocycles. The van der Waals surface area contributed by atoms with E-state index in [1.807, 2.05) is 48.5 Å². The van der Waals surface area contributed by atoms with E-state index in [1.165, 1.54) is 0 Å². The minimum Gasteiger partial charge on any atom is -0.497 e. The first-order chi connectivity index (χ1) is 9.29. The van der Waals surface area contributed by atoms with E-state index in [2.05, 4.69) is 5.16 Å². The quantitative estimate of drug-likeness (QED) is 0.817. The van der Waals surface area contributed by atoms with Gasteiger partial charge in [-0.15, -0.1) is 5.16 Å². The second-order valence-electron chi connectivity index (χ2n) is 4.21. The summed E-state index contributed by atoms with van der Waals surface area (Å²) >= 11 is 0. The maximum atomic E-state index is 9.76. The predicted molar refractivity (Wildman–Crippen MR) is 73.8 cm³/mol. The number of nitrogens with zero attached hydrogens (tertiary/aromatic N) is 1. The first kappa shape index (κ1) is 11.8. The summed E-state index contributed by atoms with van der Waals surface area (Å²) in [5.74, 6) is 0.786. The third kappa shape index (κ3) is 2.08. The van der Waals surface area contributed by atoms with Crippen LogP contribution in [0.2, 0.25) is 0 Å². The van der Waals surface area contributed by atoms with Gasteiger partial charge in [0, 0.05) is 16.6 Å². The topological polar surface area (TPSA) is 51.0 Å². The molecular weight excluding hydrogens is 241 g/mol. The van der Waals surface area contributed by atoms with Crippen LogP contribution in [0.15, 0.2) is 53.7 Å².